The molecule has 15 aromatic rings. The van der Waals surface area contributed by atoms with Gasteiger partial charge in [0, 0.05) is 192 Å². The molecule has 7 aromatic carbocycles. The fourth-order valence-corrected chi connectivity index (χ4v) is 27.2. The monoisotopic (exact) mass is 1740 g/mol. The van der Waals surface area contributed by atoms with Crippen LogP contribution in [0.2, 0.25) is 0 Å². The summed E-state index contributed by atoms with van der Waals surface area (Å²) in [4.78, 5) is 0.570. The Kier molecular flexibility index (Phi) is 24.7. The molecule has 0 amide bonds. The molecule has 4 saturated heterocycles. The molecular weight excluding hydrogens is 1640 g/mol. The summed E-state index contributed by atoms with van der Waals surface area (Å²) in [6.45, 7) is 15.4. The van der Waals surface area contributed by atoms with Crippen molar-refractivity contribution in [3.8, 4) is 50.6 Å². The highest BCUT2D eigenvalue weighted by atomic mass is 32.2. The fraction of sp³-hybridized carbons (Fsp3) is 0.337. The zero-order valence-electron chi connectivity index (χ0n) is 70.3. The van der Waals surface area contributed by atoms with Gasteiger partial charge in [-0.25, -0.2) is 33.7 Å². The van der Waals surface area contributed by atoms with Crippen LogP contribution >= 0.6 is 0 Å². The van der Waals surface area contributed by atoms with Crippen molar-refractivity contribution in [2.24, 2.45) is 23.7 Å². The Bertz CT molecular complexity index is 6750. The summed E-state index contributed by atoms with van der Waals surface area (Å²) < 4.78 is 121. The molecular formula is C95H105N17O8S4. The molecule has 0 radical (unpaired) electrons. The molecule has 1 saturated carbocycles. The van der Waals surface area contributed by atoms with Crippen LogP contribution in [0.1, 0.15) is 102 Å². The van der Waals surface area contributed by atoms with Crippen molar-refractivity contribution in [3.05, 3.63) is 267 Å². The van der Waals surface area contributed by atoms with Crippen LogP contribution in [0.25, 0.3) is 88.1 Å². The van der Waals surface area contributed by atoms with Gasteiger partial charge in [-0.1, -0.05) is 92.1 Å². The van der Waals surface area contributed by atoms with Crippen LogP contribution in [-0.4, -0.2) is 166 Å². The van der Waals surface area contributed by atoms with Crippen molar-refractivity contribution in [1.29, 1.82) is 5.26 Å². The van der Waals surface area contributed by atoms with E-state index in [9.17, 15) is 33.7 Å². The van der Waals surface area contributed by atoms with Gasteiger partial charge >= 0.3 is 0 Å². The summed E-state index contributed by atoms with van der Waals surface area (Å²) in [5.41, 5.74) is 15.6. The number of benzene rings is 7. The molecule has 5 fully saturated rings. The molecule has 642 valence electrons. The number of aryl methyl sites for hydroxylation is 1. The topological polar surface area (TPSA) is 308 Å². The lowest BCUT2D eigenvalue weighted by atomic mass is 10.0. The third-order valence-electron chi connectivity index (χ3n) is 25.7. The van der Waals surface area contributed by atoms with E-state index in [2.05, 4.69) is 188 Å². The first-order chi connectivity index (χ1) is 59.9. The Hall–Kier alpha value is -11.3. The highest BCUT2D eigenvalue weighted by Crippen LogP contribution is 2.39. The summed E-state index contributed by atoms with van der Waals surface area (Å²) in [7, 11) is -13.6. The zero-order chi connectivity index (χ0) is 86.0. The minimum atomic E-state index is -3.64. The molecule has 12 heterocycles. The Morgan fingerprint density at radius 3 is 1.10 bits per heavy atom. The molecule has 8 aromatic heterocycles. The van der Waals surface area contributed by atoms with E-state index < -0.39 is 40.1 Å². The second kappa shape index (κ2) is 36.1. The number of nitrogens with zero attached hydrogens (tertiary/aromatic N) is 13. The molecule has 4 aliphatic heterocycles. The number of nitriles is 1. The Morgan fingerprint density at radius 1 is 0.379 bits per heavy atom. The van der Waals surface area contributed by atoms with E-state index in [1.54, 1.807) is 49.4 Å². The molecule has 4 N–H and O–H groups in total. The molecule has 29 heteroatoms. The van der Waals surface area contributed by atoms with Gasteiger partial charge < -0.3 is 18.3 Å². The maximum Gasteiger partial charge on any atom is 0.243 e. The quantitative estimate of drug-likeness (QED) is 0.0521. The number of fused-ring (bicyclic) bond motifs is 4. The van der Waals surface area contributed by atoms with E-state index in [1.807, 2.05) is 124 Å². The molecule has 20 rings (SSSR count). The second-order valence-corrected chi connectivity index (χ2v) is 42.4. The average molecular weight is 1740 g/mol. The normalized spacial score (nSPS) is 20.8. The molecule has 0 bridgehead atoms. The fourth-order valence-electron chi connectivity index (χ4n) is 19.5. The van der Waals surface area contributed by atoms with Crippen LogP contribution in [0.4, 0.5) is 0 Å². The van der Waals surface area contributed by atoms with Gasteiger partial charge in [0.25, 0.3) is 0 Å². The summed E-state index contributed by atoms with van der Waals surface area (Å²) in [5, 5.41) is 41.2. The summed E-state index contributed by atoms with van der Waals surface area (Å²) in [5.74, 6) is 1.20. The van der Waals surface area contributed by atoms with E-state index in [0.717, 1.165) is 144 Å². The predicted molar refractivity (Wildman–Crippen MR) is 487 cm³/mol. The first-order valence-corrected chi connectivity index (χ1v) is 48.8. The Morgan fingerprint density at radius 2 is 0.734 bits per heavy atom. The summed E-state index contributed by atoms with van der Waals surface area (Å²) in [6.07, 6.45) is 31.6. The van der Waals surface area contributed by atoms with Crippen molar-refractivity contribution in [2.45, 2.75) is 164 Å². The summed E-state index contributed by atoms with van der Waals surface area (Å²) >= 11 is 0. The number of nitrogens with one attached hydrogen (secondary N) is 4. The molecule has 4 unspecified atom stereocenters. The number of aromatic nitrogens is 12. The number of hydrogen-bond donors (Lipinski definition) is 4. The van der Waals surface area contributed by atoms with Gasteiger partial charge in [-0.15, -0.1) is 0 Å². The van der Waals surface area contributed by atoms with Gasteiger partial charge in [-0.05, 0) is 233 Å². The van der Waals surface area contributed by atoms with Crippen LogP contribution in [0, 0.1) is 41.9 Å². The van der Waals surface area contributed by atoms with E-state index in [4.69, 9.17) is 5.26 Å². The smallest absolute Gasteiger partial charge is 0.243 e. The number of hydrogen-bond acceptors (Lipinski definition) is 13. The summed E-state index contributed by atoms with van der Waals surface area (Å²) in [6, 6.07) is 59.0. The SMILES string of the molecule is C[C@@H]1CC(Cn2ccc3cc(-c4cn[nH]c4)ccc32)CN1S(=O)(=O)C1CCCCC1.C[C@@H]1CC(Cn2ccc3cc(-c4cn[nH]c4)ccc32)CN1S(=O)(=O)Cc1ccccc1.C[C@H]1CC(Cn2ccc3cc(-c4cn[nH]c4)ccc32)CN1S(=O)(=O)c1cccc(C#N)c1.Cc1cccc(S(=O)(=O)N2CC(Cn3ccc4cc(-c5cn[nH]c5)ccc43)C[C@@H]2C)c1. The Balaban J connectivity index is 0.000000117. The lowest BCUT2D eigenvalue weighted by Crippen LogP contribution is -2.41. The van der Waals surface area contributed by atoms with Crippen LogP contribution in [0.5, 0.6) is 0 Å². The van der Waals surface area contributed by atoms with Crippen LogP contribution in [0.3, 0.4) is 0 Å². The van der Waals surface area contributed by atoms with Crippen molar-refractivity contribution >= 4 is 83.7 Å². The lowest BCUT2D eigenvalue weighted by Gasteiger charge is -2.29. The first kappa shape index (κ1) is 84.9. The second-order valence-electron chi connectivity index (χ2n) is 34.5. The minimum Gasteiger partial charge on any atom is -0.347 e. The number of aromatic amines is 4. The van der Waals surface area contributed by atoms with Gasteiger partial charge in [-0.3, -0.25) is 20.4 Å². The zero-order valence-corrected chi connectivity index (χ0v) is 73.6. The van der Waals surface area contributed by atoms with Gasteiger partial charge in [0.1, 0.15) is 0 Å². The number of H-pyrrole nitrogens is 4. The van der Waals surface area contributed by atoms with Crippen LogP contribution in [0.15, 0.2) is 260 Å². The maximum absolute atomic E-state index is 13.2. The third-order valence-corrected chi connectivity index (χ3v) is 34.0. The van der Waals surface area contributed by atoms with Gasteiger partial charge in [0.05, 0.1) is 57.2 Å². The van der Waals surface area contributed by atoms with Gasteiger partial charge in [0.2, 0.25) is 40.1 Å². The highest BCUT2D eigenvalue weighted by molar-refractivity contribution is 7.90. The lowest BCUT2D eigenvalue weighted by molar-refractivity contribution is 0.378. The van der Waals surface area contributed by atoms with Crippen LogP contribution < -0.4 is 0 Å². The predicted octanol–water partition coefficient (Wildman–Crippen LogP) is 17.1. The van der Waals surface area contributed by atoms with Crippen molar-refractivity contribution in [3.63, 3.8) is 0 Å². The van der Waals surface area contributed by atoms with Gasteiger partial charge in [-0.2, -0.15) is 42.9 Å². The van der Waals surface area contributed by atoms with E-state index in [1.165, 1.54) is 45.2 Å². The molecule has 124 heavy (non-hydrogen) atoms. The van der Waals surface area contributed by atoms with Crippen molar-refractivity contribution in [2.75, 3.05) is 26.2 Å². The van der Waals surface area contributed by atoms with Crippen molar-refractivity contribution < 1.29 is 33.7 Å². The first-order valence-electron chi connectivity index (χ1n) is 42.9. The third kappa shape index (κ3) is 18.3. The van der Waals surface area contributed by atoms with E-state index in [-0.39, 0.29) is 51.9 Å². The minimum absolute atomic E-state index is 0.00923. The molecule has 25 nitrogen and oxygen atoms in total. The maximum atomic E-state index is 13.2. The number of rotatable bonds is 21. The van der Waals surface area contributed by atoms with E-state index >= 15 is 0 Å². The molecule has 1 aliphatic carbocycles. The number of sulfonamides is 4. The van der Waals surface area contributed by atoms with Crippen molar-refractivity contribution in [1.82, 2.24) is 76.3 Å². The highest BCUT2D eigenvalue weighted by Gasteiger charge is 2.44. The van der Waals surface area contributed by atoms with E-state index in [0.29, 0.717) is 48.5 Å². The van der Waals surface area contributed by atoms with Gasteiger partial charge in [0.15, 0.2) is 0 Å². The molecule has 8 atom stereocenters. The van der Waals surface area contributed by atoms with Crippen LogP contribution in [-0.2, 0) is 72.0 Å². The standard InChI is InChI=1S/C24H23N5O2S.2C24H26N4O2S.C23H30N4O2S/c1-17-9-19(16-29(17)32(30,31)23-4-2-3-18(10-23)12-25)15-28-8-7-21-11-20(5-6-24(21)28)22-13-26-27-14-22;1-17-4-3-5-23(10-17)31(29,30)28-16-19(11-18(28)2)15-27-9-8-21-12-20(6-7-24(21)27)22-13-25-26-14-22;1-18-11-20(16-28(18)31(29,30)17-19-5-3-2-4-6-19)15-27-10-9-22-12-21(7-8-24(22)27)23-13-25-26-14-23;1-17-11-18(16-27(17)30(28,29)22-5-3-2-4-6-22)15-26-10-9-20-12-19(7-8-23(20)26)21-13-24-25-14-21/h2-8,10-11,13-14,17,19H,9,15-16H2,1H3,(H,26,27);3-10,12-14,18-19H,11,15-16H2,1-2H3,(H,25,26);2-10,12-14,18,20H,11,15-17H2,1H3,(H,25,26);7-10,12-14,17-18,22H,2-6,11,15-16H2,1H3,(H,24,25)/t17-,19?;18-,19?;18-,20?;17-,18?/m0011/s1. The largest absolute Gasteiger partial charge is 0.347 e. The molecule has 0 spiro atoms. The average Bonchev–Trinajstić information content (AvgIpc) is 1.62. The Labute approximate surface area is 725 Å². The molecule has 5 aliphatic rings.